The van der Waals surface area contributed by atoms with Crippen LogP contribution in [0.3, 0.4) is 0 Å². The molecule has 0 spiro atoms. The summed E-state index contributed by atoms with van der Waals surface area (Å²) in [6.45, 7) is 1.35. The van der Waals surface area contributed by atoms with Crippen molar-refractivity contribution in [1.29, 1.82) is 5.26 Å². The van der Waals surface area contributed by atoms with Crippen LogP contribution in [0.5, 0.6) is 0 Å². The van der Waals surface area contributed by atoms with E-state index in [2.05, 4.69) is 21.4 Å². The first kappa shape index (κ1) is 13.3. The van der Waals surface area contributed by atoms with Crippen LogP contribution in [0.25, 0.3) is 0 Å². The molecule has 3 rings (SSSR count). The van der Waals surface area contributed by atoms with Crippen LogP contribution in [0.15, 0.2) is 36.8 Å². The second kappa shape index (κ2) is 5.75. The zero-order valence-corrected chi connectivity index (χ0v) is 11.3. The molecule has 2 heterocycles. The van der Waals surface area contributed by atoms with Crippen molar-refractivity contribution in [3.8, 4) is 6.07 Å². The zero-order chi connectivity index (χ0) is 14.7. The van der Waals surface area contributed by atoms with Gasteiger partial charge in [-0.1, -0.05) is 6.07 Å². The van der Waals surface area contributed by atoms with Gasteiger partial charge in [0.2, 0.25) is 0 Å². The van der Waals surface area contributed by atoms with Gasteiger partial charge < -0.3 is 10.2 Å². The molecule has 0 aliphatic carbocycles. The number of hydrogen-bond donors (Lipinski definition) is 1. The number of nitriles is 1. The summed E-state index contributed by atoms with van der Waals surface area (Å²) in [5.74, 6) is 0.405. The van der Waals surface area contributed by atoms with Gasteiger partial charge in [-0.2, -0.15) is 5.26 Å². The molecule has 0 amide bonds. The highest BCUT2D eigenvalue weighted by Crippen LogP contribution is 2.28. The van der Waals surface area contributed by atoms with Crippen molar-refractivity contribution in [3.63, 3.8) is 0 Å². The maximum Gasteiger partial charge on any atom is 0.147 e. The van der Waals surface area contributed by atoms with Gasteiger partial charge in [0.15, 0.2) is 0 Å². The predicted octanol–water partition coefficient (Wildman–Crippen LogP) is 2.18. The van der Waals surface area contributed by atoms with Crippen molar-refractivity contribution in [2.75, 3.05) is 23.3 Å². The summed E-state index contributed by atoms with van der Waals surface area (Å²) in [5.41, 5.74) is 0.768. The van der Waals surface area contributed by atoms with Gasteiger partial charge >= 0.3 is 0 Å². The molecule has 0 bridgehead atoms. The third kappa shape index (κ3) is 2.77. The molecule has 1 unspecified atom stereocenters. The highest BCUT2D eigenvalue weighted by atomic mass is 19.1. The molecule has 106 valence electrons. The molecule has 1 aromatic carbocycles. The second-order valence-corrected chi connectivity index (χ2v) is 4.92. The summed E-state index contributed by atoms with van der Waals surface area (Å²) >= 11 is 0. The standard InChI is InChI=1S/C15H14FN5/c16-13-3-1-2-11(8-17)15(13)21-7-5-12(9-21)20-14-4-6-18-10-19-14/h1-4,6,10,12H,5,7,9H2,(H,18,19,20). The maximum absolute atomic E-state index is 14.0. The molecule has 6 heteroatoms. The van der Waals surface area contributed by atoms with Crippen molar-refractivity contribution in [2.24, 2.45) is 0 Å². The minimum atomic E-state index is -0.350. The number of nitrogens with one attached hydrogen (secondary N) is 1. The minimum Gasteiger partial charge on any atom is -0.366 e. The van der Waals surface area contributed by atoms with E-state index in [1.165, 1.54) is 12.4 Å². The normalized spacial score (nSPS) is 17.5. The van der Waals surface area contributed by atoms with Crippen LogP contribution in [-0.2, 0) is 0 Å². The monoisotopic (exact) mass is 283 g/mol. The lowest BCUT2D eigenvalue weighted by atomic mass is 10.1. The maximum atomic E-state index is 14.0. The highest BCUT2D eigenvalue weighted by molar-refractivity contribution is 5.61. The highest BCUT2D eigenvalue weighted by Gasteiger charge is 2.26. The van der Waals surface area contributed by atoms with E-state index in [0.29, 0.717) is 24.3 Å². The molecule has 0 radical (unpaired) electrons. The molecule has 1 fully saturated rings. The van der Waals surface area contributed by atoms with Gasteiger partial charge in [0, 0.05) is 25.3 Å². The molecule has 0 saturated carbocycles. The summed E-state index contributed by atoms with van der Waals surface area (Å²) < 4.78 is 14.0. The lowest BCUT2D eigenvalue weighted by Gasteiger charge is -2.21. The van der Waals surface area contributed by atoms with E-state index in [9.17, 15) is 4.39 Å². The zero-order valence-electron chi connectivity index (χ0n) is 11.3. The van der Waals surface area contributed by atoms with Gasteiger partial charge in [-0.25, -0.2) is 14.4 Å². The minimum absolute atomic E-state index is 0.172. The molecular formula is C15H14FN5. The molecule has 2 aromatic rings. The first-order chi connectivity index (χ1) is 10.3. The van der Waals surface area contributed by atoms with Crippen LogP contribution in [-0.4, -0.2) is 29.1 Å². The van der Waals surface area contributed by atoms with Crippen LogP contribution in [0.2, 0.25) is 0 Å². The van der Waals surface area contributed by atoms with E-state index in [-0.39, 0.29) is 11.9 Å². The van der Waals surface area contributed by atoms with E-state index in [4.69, 9.17) is 5.26 Å². The van der Waals surface area contributed by atoms with Gasteiger partial charge in [0.25, 0.3) is 0 Å². The van der Waals surface area contributed by atoms with Gasteiger partial charge in [-0.3, -0.25) is 0 Å². The quantitative estimate of drug-likeness (QED) is 0.935. The number of aromatic nitrogens is 2. The third-order valence-corrected chi connectivity index (χ3v) is 3.55. The van der Waals surface area contributed by atoms with E-state index in [0.717, 1.165) is 12.2 Å². The Morgan fingerprint density at radius 1 is 1.38 bits per heavy atom. The Morgan fingerprint density at radius 3 is 3.05 bits per heavy atom. The van der Waals surface area contributed by atoms with E-state index in [1.54, 1.807) is 24.4 Å². The molecule has 21 heavy (non-hydrogen) atoms. The molecule has 1 atom stereocenters. The fraction of sp³-hybridized carbons (Fsp3) is 0.267. The Hall–Kier alpha value is -2.68. The van der Waals surface area contributed by atoms with Gasteiger partial charge in [-0.15, -0.1) is 0 Å². The Morgan fingerprint density at radius 2 is 2.29 bits per heavy atom. The van der Waals surface area contributed by atoms with Crippen LogP contribution in [0, 0.1) is 17.1 Å². The van der Waals surface area contributed by atoms with E-state index >= 15 is 0 Å². The largest absolute Gasteiger partial charge is 0.366 e. The molecule has 1 aliphatic rings. The Bertz CT molecular complexity index is 668. The van der Waals surface area contributed by atoms with Gasteiger partial charge in [0.1, 0.15) is 24.0 Å². The third-order valence-electron chi connectivity index (χ3n) is 3.55. The molecular weight excluding hydrogens is 269 g/mol. The second-order valence-electron chi connectivity index (χ2n) is 4.92. The number of nitrogens with zero attached hydrogens (tertiary/aromatic N) is 4. The fourth-order valence-corrected chi connectivity index (χ4v) is 2.59. The SMILES string of the molecule is N#Cc1cccc(F)c1N1CCC(Nc2ccncn2)C1. The van der Waals surface area contributed by atoms with Crippen LogP contribution < -0.4 is 10.2 Å². The molecule has 5 nitrogen and oxygen atoms in total. The van der Waals surface area contributed by atoms with Crippen molar-refractivity contribution < 1.29 is 4.39 Å². The van der Waals surface area contributed by atoms with Crippen molar-refractivity contribution in [2.45, 2.75) is 12.5 Å². The lowest BCUT2D eigenvalue weighted by Crippen LogP contribution is -2.27. The molecule has 1 saturated heterocycles. The fourth-order valence-electron chi connectivity index (χ4n) is 2.59. The lowest BCUT2D eigenvalue weighted by molar-refractivity contribution is 0.622. The molecule has 1 aliphatic heterocycles. The number of para-hydroxylation sites is 1. The summed E-state index contributed by atoms with van der Waals surface area (Å²) in [6, 6.07) is 8.62. The Balaban J connectivity index is 1.75. The van der Waals surface area contributed by atoms with Crippen molar-refractivity contribution >= 4 is 11.5 Å². The van der Waals surface area contributed by atoms with E-state index < -0.39 is 0 Å². The van der Waals surface area contributed by atoms with Crippen LogP contribution >= 0.6 is 0 Å². The topological polar surface area (TPSA) is 64.8 Å². The number of rotatable bonds is 3. The number of benzene rings is 1. The average Bonchev–Trinajstić information content (AvgIpc) is 2.96. The smallest absolute Gasteiger partial charge is 0.147 e. The summed E-state index contributed by atoms with van der Waals surface area (Å²) in [4.78, 5) is 9.90. The molecule has 1 N–H and O–H groups in total. The molecule has 1 aromatic heterocycles. The number of anilines is 2. The first-order valence-electron chi connectivity index (χ1n) is 6.74. The first-order valence-corrected chi connectivity index (χ1v) is 6.74. The number of halogens is 1. The summed E-state index contributed by atoms with van der Waals surface area (Å²) in [5, 5.41) is 12.4. The van der Waals surface area contributed by atoms with Crippen LogP contribution in [0.1, 0.15) is 12.0 Å². The van der Waals surface area contributed by atoms with E-state index in [1.807, 2.05) is 4.90 Å². The predicted molar refractivity (Wildman–Crippen MR) is 77.4 cm³/mol. The summed E-state index contributed by atoms with van der Waals surface area (Å²) in [6.07, 6.45) is 4.02. The number of hydrogen-bond acceptors (Lipinski definition) is 5. The van der Waals surface area contributed by atoms with Gasteiger partial charge in [0.05, 0.1) is 11.3 Å². The van der Waals surface area contributed by atoms with Gasteiger partial charge in [-0.05, 0) is 24.6 Å². The Kier molecular flexibility index (Phi) is 3.65. The van der Waals surface area contributed by atoms with Crippen LogP contribution in [0.4, 0.5) is 15.9 Å². The Labute approximate surface area is 122 Å². The van der Waals surface area contributed by atoms with Crippen molar-refractivity contribution in [1.82, 2.24) is 9.97 Å². The van der Waals surface area contributed by atoms with Crippen molar-refractivity contribution in [3.05, 3.63) is 48.2 Å². The summed E-state index contributed by atoms with van der Waals surface area (Å²) in [7, 11) is 0. The average molecular weight is 283 g/mol.